The SMILES string of the molecule is Cc1ncsc1-c1ccc(CNC(=O)[C@@H]2C[C@@H](O)CN2C(=O)[C@@H](NC(=O)CCCCN2CCNCC2)C(C)(C)C)cc1.Cl.Cl. The van der Waals surface area contributed by atoms with E-state index in [4.69, 9.17) is 0 Å². The summed E-state index contributed by atoms with van der Waals surface area (Å²) in [6.07, 6.45) is 1.39. The third-order valence-corrected chi connectivity index (χ3v) is 9.03. The quantitative estimate of drug-likeness (QED) is 0.271. The Kier molecular flexibility index (Phi) is 15.0. The minimum atomic E-state index is -0.804. The largest absolute Gasteiger partial charge is 0.391 e. The number of β-amino-alcohol motifs (C(OH)–C–C–N with tert-alkyl or cyclic N) is 1. The fraction of sp³-hybridized carbons (Fsp3) is 0.613. The maximum absolute atomic E-state index is 13.8. The Hall–Kier alpha value is -2.28. The van der Waals surface area contributed by atoms with Gasteiger partial charge in [-0.25, -0.2) is 4.98 Å². The van der Waals surface area contributed by atoms with E-state index in [9.17, 15) is 19.5 Å². The Balaban J connectivity index is 0.00000337. The van der Waals surface area contributed by atoms with E-state index in [2.05, 4.69) is 25.8 Å². The van der Waals surface area contributed by atoms with Crippen LogP contribution in [0.4, 0.5) is 0 Å². The second kappa shape index (κ2) is 17.4. The molecule has 3 amide bonds. The van der Waals surface area contributed by atoms with E-state index in [-0.39, 0.29) is 55.5 Å². The van der Waals surface area contributed by atoms with Gasteiger partial charge in [-0.1, -0.05) is 45.0 Å². The number of unbranched alkanes of at least 4 members (excludes halogenated alkanes) is 1. The van der Waals surface area contributed by atoms with Crippen LogP contribution in [0.3, 0.4) is 0 Å². The van der Waals surface area contributed by atoms with Crippen LogP contribution in [0.2, 0.25) is 0 Å². The zero-order valence-electron chi connectivity index (χ0n) is 26.1. The van der Waals surface area contributed by atoms with Gasteiger partial charge in [0, 0.05) is 52.1 Å². The third-order valence-electron chi connectivity index (χ3n) is 8.05. The third kappa shape index (κ3) is 10.4. The number of likely N-dealkylation sites (tertiary alicyclic amines) is 1. The van der Waals surface area contributed by atoms with Crippen LogP contribution in [0.25, 0.3) is 10.4 Å². The topological polar surface area (TPSA) is 127 Å². The molecule has 0 unspecified atom stereocenters. The molecule has 1 aromatic heterocycles. The van der Waals surface area contributed by atoms with Gasteiger partial charge in [-0.2, -0.15) is 0 Å². The first-order valence-electron chi connectivity index (χ1n) is 15.0. The zero-order valence-corrected chi connectivity index (χ0v) is 28.6. The van der Waals surface area contributed by atoms with Crippen LogP contribution >= 0.6 is 36.2 Å². The summed E-state index contributed by atoms with van der Waals surface area (Å²) < 4.78 is 0. The molecule has 13 heteroatoms. The molecule has 0 saturated carbocycles. The Labute approximate surface area is 277 Å². The van der Waals surface area contributed by atoms with Gasteiger partial charge in [-0.05, 0) is 42.9 Å². The van der Waals surface area contributed by atoms with Crippen LogP contribution in [0.1, 0.15) is 57.7 Å². The van der Waals surface area contributed by atoms with Crippen molar-refractivity contribution in [3.8, 4) is 10.4 Å². The summed E-state index contributed by atoms with van der Waals surface area (Å²) in [6.45, 7) is 13.1. The lowest BCUT2D eigenvalue weighted by Crippen LogP contribution is -2.57. The summed E-state index contributed by atoms with van der Waals surface area (Å²) >= 11 is 1.59. The van der Waals surface area contributed by atoms with E-state index in [0.717, 1.165) is 67.3 Å². The van der Waals surface area contributed by atoms with Gasteiger partial charge in [0.25, 0.3) is 0 Å². The molecular formula is C31H48Cl2N6O4S. The predicted octanol–water partition coefficient (Wildman–Crippen LogP) is 3.15. The van der Waals surface area contributed by atoms with Crippen molar-refractivity contribution < 1.29 is 19.5 Å². The number of piperazine rings is 1. The molecule has 4 N–H and O–H groups in total. The molecule has 3 heterocycles. The predicted molar refractivity (Wildman–Crippen MR) is 179 cm³/mol. The number of carbonyl (C=O) groups is 3. The number of nitrogens with zero attached hydrogens (tertiary/aromatic N) is 3. The summed E-state index contributed by atoms with van der Waals surface area (Å²) in [6, 6.07) is 6.36. The molecule has 2 aromatic rings. The number of benzene rings is 1. The molecule has 4 rings (SSSR count). The van der Waals surface area contributed by atoms with Gasteiger partial charge in [-0.15, -0.1) is 36.2 Å². The van der Waals surface area contributed by atoms with Crippen molar-refractivity contribution in [2.45, 2.75) is 78.1 Å². The molecule has 1 aromatic carbocycles. The van der Waals surface area contributed by atoms with Gasteiger partial charge in [0.1, 0.15) is 12.1 Å². The van der Waals surface area contributed by atoms with Crippen molar-refractivity contribution in [3.05, 3.63) is 41.0 Å². The van der Waals surface area contributed by atoms with Crippen molar-refractivity contribution in [1.29, 1.82) is 0 Å². The lowest BCUT2D eigenvalue weighted by atomic mass is 9.85. The summed E-state index contributed by atoms with van der Waals surface area (Å²) in [5.41, 5.74) is 4.26. The van der Waals surface area contributed by atoms with Crippen LogP contribution in [0, 0.1) is 12.3 Å². The smallest absolute Gasteiger partial charge is 0.246 e. The minimum absolute atomic E-state index is 0. The molecule has 0 radical (unpaired) electrons. The van der Waals surface area contributed by atoms with Gasteiger partial charge in [0.15, 0.2) is 0 Å². The first-order chi connectivity index (χ1) is 20.0. The van der Waals surface area contributed by atoms with E-state index in [1.54, 1.807) is 11.3 Å². The number of carbonyl (C=O) groups excluding carboxylic acids is 3. The van der Waals surface area contributed by atoms with Crippen LogP contribution in [-0.4, -0.2) is 95.1 Å². The molecule has 0 bridgehead atoms. The number of aromatic nitrogens is 1. The fourth-order valence-corrected chi connectivity index (χ4v) is 6.38. The number of amides is 3. The van der Waals surface area contributed by atoms with Gasteiger partial charge in [0.05, 0.1) is 22.2 Å². The van der Waals surface area contributed by atoms with Gasteiger partial charge < -0.3 is 30.9 Å². The number of halogens is 2. The second-order valence-corrected chi connectivity index (χ2v) is 13.3. The van der Waals surface area contributed by atoms with Crippen LogP contribution in [-0.2, 0) is 20.9 Å². The van der Waals surface area contributed by atoms with Gasteiger partial charge in [0.2, 0.25) is 17.7 Å². The Morgan fingerprint density at radius 2 is 1.80 bits per heavy atom. The minimum Gasteiger partial charge on any atom is -0.391 e. The normalized spacial score (nSPS) is 19.4. The number of aryl methyl sites for hydroxylation is 1. The van der Waals surface area contributed by atoms with Crippen molar-refractivity contribution >= 4 is 53.9 Å². The zero-order chi connectivity index (χ0) is 30.3. The molecule has 3 atom stereocenters. The lowest BCUT2D eigenvalue weighted by Gasteiger charge is -2.35. The van der Waals surface area contributed by atoms with Crippen LogP contribution < -0.4 is 16.0 Å². The monoisotopic (exact) mass is 670 g/mol. The van der Waals surface area contributed by atoms with Crippen LogP contribution in [0.5, 0.6) is 0 Å². The number of aliphatic hydroxyl groups is 1. The highest BCUT2D eigenvalue weighted by Gasteiger charge is 2.44. The molecule has 44 heavy (non-hydrogen) atoms. The molecule has 10 nitrogen and oxygen atoms in total. The van der Waals surface area contributed by atoms with Crippen molar-refractivity contribution in [2.24, 2.45) is 5.41 Å². The van der Waals surface area contributed by atoms with Crippen molar-refractivity contribution in [3.63, 3.8) is 0 Å². The molecule has 2 aliphatic heterocycles. The number of nitrogens with one attached hydrogen (secondary N) is 3. The average molecular weight is 672 g/mol. The standard InChI is InChI=1S/C31H46N6O4S.2ClH/c1-21-27(42-20-34-21)23-10-8-22(9-11-23)18-33-29(40)25-17-24(38)19-37(25)30(41)28(31(2,3)4)35-26(39)7-5-6-14-36-15-12-32-13-16-36;;/h8-11,20,24-25,28,32,38H,5-7,12-19H2,1-4H3,(H,33,40)(H,35,39);2*1H/t24-,25+,28-;;/m1../s1. The van der Waals surface area contributed by atoms with Crippen molar-refractivity contribution in [1.82, 2.24) is 30.7 Å². The maximum atomic E-state index is 13.8. The summed E-state index contributed by atoms with van der Waals surface area (Å²) in [5, 5.41) is 19.7. The average Bonchev–Trinajstić information content (AvgIpc) is 3.58. The fourth-order valence-electron chi connectivity index (χ4n) is 5.57. The lowest BCUT2D eigenvalue weighted by molar-refractivity contribution is -0.144. The molecular weight excluding hydrogens is 623 g/mol. The number of hydrogen-bond acceptors (Lipinski definition) is 8. The molecule has 246 valence electrons. The Bertz CT molecular complexity index is 1220. The molecule has 2 fully saturated rings. The van der Waals surface area contributed by atoms with E-state index >= 15 is 0 Å². The highest BCUT2D eigenvalue weighted by Crippen LogP contribution is 2.28. The molecule has 2 aliphatic rings. The molecule has 0 aliphatic carbocycles. The van der Waals surface area contributed by atoms with Gasteiger partial charge >= 0.3 is 0 Å². The number of thiazole rings is 1. The molecule has 2 saturated heterocycles. The number of rotatable bonds is 11. The Morgan fingerprint density at radius 3 is 2.41 bits per heavy atom. The van der Waals surface area contributed by atoms with Crippen molar-refractivity contribution in [2.75, 3.05) is 39.3 Å². The molecule has 0 spiro atoms. The highest BCUT2D eigenvalue weighted by molar-refractivity contribution is 7.13. The summed E-state index contributed by atoms with van der Waals surface area (Å²) in [4.78, 5) is 49.2. The Morgan fingerprint density at radius 1 is 1.11 bits per heavy atom. The van der Waals surface area contributed by atoms with E-state index in [0.29, 0.717) is 13.0 Å². The highest BCUT2D eigenvalue weighted by atomic mass is 35.5. The van der Waals surface area contributed by atoms with E-state index in [1.807, 2.05) is 57.5 Å². The first kappa shape index (κ1) is 37.9. The van der Waals surface area contributed by atoms with E-state index < -0.39 is 23.6 Å². The summed E-state index contributed by atoms with van der Waals surface area (Å²) in [5.74, 6) is -0.812. The first-order valence-corrected chi connectivity index (χ1v) is 15.9. The number of aliphatic hydroxyl groups excluding tert-OH is 1. The van der Waals surface area contributed by atoms with Gasteiger partial charge in [-0.3, -0.25) is 14.4 Å². The summed E-state index contributed by atoms with van der Waals surface area (Å²) in [7, 11) is 0. The maximum Gasteiger partial charge on any atom is 0.246 e. The van der Waals surface area contributed by atoms with Crippen LogP contribution in [0.15, 0.2) is 29.8 Å². The number of hydrogen-bond donors (Lipinski definition) is 4. The second-order valence-electron chi connectivity index (χ2n) is 12.5. The van der Waals surface area contributed by atoms with E-state index in [1.165, 1.54) is 4.90 Å².